The van der Waals surface area contributed by atoms with Crippen molar-refractivity contribution >= 4 is 51.8 Å². The molecule has 7 heteroatoms. The third-order valence-corrected chi connectivity index (χ3v) is 7.78. The van der Waals surface area contributed by atoms with Crippen LogP contribution in [0.4, 0.5) is 11.6 Å². The second kappa shape index (κ2) is 13.7. The molecule has 6 nitrogen and oxygen atoms in total. The summed E-state index contributed by atoms with van der Waals surface area (Å²) in [6.45, 7) is 14.6. The summed E-state index contributed by atoms with van der Waals surface area (Å²) in [5.74, 6) is 1.63. The van der Waals surface area contributed by atoms with Gasteiger partial charge in [-0.05, 0) is 85.9 Å². The lowest BCUT2D eigenvalue weighted by Crippen LogP contribution is -2.04. The first-order valence-electron chi connectivity index (χ1n) is 14.4. The molecule has 0 bridgehead atoms. The molecule has 3 aromatic rings. The fourth-order valence-corrected chi connectivity index (χ4v) is 5.29. The second-order valence-electron chi connectivity index (χ2n) is 10.6. The van der Waals surface area contributed by atoms with Crippen molar-refractivity contribution in [3.63, 3.8) is 0 Å². The van der Waals surface area contributed by atoms with E-state index in [1.165, 1.54) is 32.1 Å². The van der Waals surface area contributed by atoms with Gasteiger partial charge >= 0.3 is 0 Å². The Morgan fingerprint density at radius 1 is 1.25 bits per heavy atom. The summed E-state index contributed by atoms with van der Waals surface area (Å²) in [5.41, 5.74) is 5.10. The molecule has 4 rings (SSSR count). The highest BCUT2D eigenvalue weighted by Crippen LogP contribution is 2.37. The molecule has 1 aliphatic carbocycles. The van der Waals surface area contributed by atoms with Gasteiger partial charge in [0.25, 0.3) is 0 Å². The van der Waals surface area contributed by atoms with E-state index in [4.69, 9.17) is 11.6 Å². The Bertz CT molecular complexity index is 1450. The number of aromatic nitrogens is 3. The van der Waals surface area contributed by atoms with Crippen LogP contribution in [0.5, 0.6) is 0 Å². The first kappa shape index (κ1) is 29.5. The van der Waals surface area contributed by atoms with E-state index in [1.54, 1.807) is 18.5 Å². The van der Waals surface area contributed by atoms with E-state index in [0.717, 1.165) is 41.1 Å². The molecular weight excluding hydrogens is 518 g/mol. The lowest BCUT2D eigenvalue weighted by molar-refractivity contribution is 0.102. The zero-order chi connectivity index (χ0) is 28.6. The molecule has 0 aliphatic heterocycles. The number of nitrogens with one attached hydrogen (secondary N) is 2. The van der Waals surface area contributed by atoms with E-state index >= 15 is 0 Å². The molecule has 1 atom stereocenters. The van der Waals surface area contributed by atoms with Crippen molar-refractivity contribution < 1.29 is 4.79 Å². The first-order chi connectivity index (χ1) is 19.3. The minimum atomic E-state index is -0.0649. The molecule has 2 heterocycles. The Balaban J connectivity index is 1.48. The SMILES string of the molecule is C=C(CCCC(CC)CCC)C(=O)c1cc2cc(Nc3nccc(C(=CC(=C)C4CC4)N=CC)n3)cc(Cl)c2[nH]1. The van der Waals surface area contributed by atoms with Crippen LogP contribution in [0.25, 0.3) is 16.6 Å². The molecule has 2 N–H and O–H groups in total. The number of hydrogen-bond acceptors (Lipinski definition) is 5. The van der Waals surface area contributed by atoms with Crippen molar-refractivity contribution in [1.29, 1.82) is 0 Å². The smallest absolute Gasteiger partial charge is 0.227 e. The fourth-order valence-electron chi connectivity index (χ4n) is 5.02. The average Bonchev–Trinajstić information content (AvgIpc) is 3.71. The molecule has 1 fully saturated rings. The maximum absolute atomic E-state index is 13.1. The van der Waals surface area contributed by atoms with Gasteiger partial charge in [0, 0.05) is 23.5 Å². The van der Waals surface area contributed by atoms with Crippen LogP contribution in [0.2, 0.25) is 5.02 Å². The van der Waals surface area contributed by atoms with Crippen molar-refractivity contribution in [2.24, 2.45) is 16.8 Å². The molecule has 1 aliphatic rings. The van der Waals surface area contributed by atoms with Gasteiger partial charge < -0.3 is 10.3 Å². The van der Waals surface area contributed by atoms with E-state index < -0.39 is 0 Å². The van der Waals surface area contributed by atoms with Gasteiger partial charge in [-0.1, -0.05) is 64.3 Å². The predicted octanol–water partition coefficient (Wildman–Crippen LogP) is 9.49. The van der Waals surface area contributed by atoms with Gasteiger partial charge in [-0.15, -0.1) is 0 Å². The number of nitrogens with zero attached hydrogens (tertiary/aromatic N) is 3. The number of halogens is 1. The maximum atomic E-state index is 13.1. The van der Waals surface area contributed by atoms with Crippen LogP contribution in [0, 0.1) is 11.8 Å². The number of aromatic amines is 1. The number of aliphatic imine (C=N–C) groups is 1. The highest BCUT2D eigenvalue weighted by atomic mass is 35.5. The molecule has 0 radical (unpaired) electrons. The number of Topliss-reactive ketones (excluding diaryl/α,β-unsaturated/α-hetero) is 1. The fraction of sp³-hybridized carbons (Fsp3) is 0.394. The molecule has 2 aromatic heterocycles. The molecule has 0 amide bonds. The quantitative estimate of drug-likeness (QED) is 0.0843. The number of fused-ring (bicyclic) bond motifs is 1. The number of anilines is 2. The molecule has 0 saturated heterocycles. The number of ketones is 1. The highest BCUT2D eigenvalue weighted by Gasteiger charge is 2.23. The van der Waals surface area contributed by atoms with Crippen LogP contribution in [0.1, 0.15) is 88.3 Å². The lowest BCUT2D eigenvalue weighted by Gasteiger charge is -2.13. The summed E-state index contributed by atoms with van der Waals surface area (Å²) in [6.07, 6.45) is 14.2. The largest absolute Gasteiger partial charge is 0.351 e. The summed E-state index contributed by atoms with van der Waals surface area (Å²) >= 11 is 6.62. The summed E-state index contributed by atoms with van der Waals surface area (Å²) in [5, 5.41) is 4.58. The Labute approximate surface area is 242 Å². The van der Waals surface area contributed by atoms with Gasteiger partial charge in [0.2, 0.25) is 11.7 Å². The zero-order valence-corrected chi connectivity index (χ0v) is 24.7. The summed E-state index contributed by atoms with van der Waals surface area (Å²) in [7, 11) is 0. The van der Waals surface area contributed by atoms with Crippen LogP contribution in [0.15, 0.2) is 65.8 Å². The second-order valence-corrected chi connectivity index (χ2v) is 11.1. The van der Waals surface area contributed by atoms with Crippen molar-refractivity contribution in [3.05, 3.63) is 77.3 Å². The minimum absolute atomic E-state index is 0.0649. The third-order valence-electron chi connectivity index (χ3n) is 7.48. The van der Waals surface area contributed by atoms with Crippen molar-refractivity contribution in [3.8, 4) is 0 Å². The zero-order valence-electron chi connectivity index (χ0n) is 23.9. The number of carbonyl (C=O) groups excluding carboxylic acids is 1. The number of allylic oxidation sites excluding steroid dienone is 3. The minimum Gasteiger partial charge on any atom is -0.351 e. The normalized spacial score (nSPS) is 14.6. The monoisotopic (exact) mass is 557 g/mol. The van der Waals surface area contributed by atoms with Crippen LogP contribution in [-0.4, -0.2) is 26.9 Å². The van der Waals surface area contributed by atoms with E-state index in [1.807, 2.05) is 31.2 Å². The van der Waals surface area contributed by atoms with Crippen LogP contribution >= 0.6 is 11.6 Å². The van der Waals surface area contributed by atoms with E-state index in [0.29, 0.717) is 45.8 Å². The Hall–Kier alpha value is -3.51. The highest BCUT2D eigenvalue weighted by molar-refractivity contribution is 6.35. The Morgan fingerprint density at radius 3 is 2.75 bits per heavy atom. The molecule has 1 aromatic carbocycles. The molecule has 0 spiro atoms. The number of carbonyl (C=O) groups is 1. The topological polar surface area (TPSA) is 83.0 Å². The molecule has 40 heavy (non-hydrogen) atoms. The van der Waals surface area contributed by atoms with Crippen LogP contribution in [-0.2, 0) is 0 Å². The lowest BCUT2D eigenvalue weighted by atomic mass is 9.93. The van der Waals surface area contributed by atoms with Gasteiger partial charge in [-0.25, -0.2) is 9.97 Å². The van der Waals surface area contributed by atoms with Crippen LogP contribution in [0.3, 0.4) is 0 Å². The van der Waals surface area contributed by atoms with Gasteiger partial charge in [0.1, 0.15) is 0 Å². The number of benzene rings is 1. The number of rotatable bonds is 15. The molecule has 1 unspecified atom stereocenters. The van der Waals surface area contributed by atoms with E-state index in [9.17, 15) is 4.79 Å². The van der Waals surface area contributed by atoms with Crippen molar-refractivity contribution in [2.75, 3.05) is 5.32 Å². The number of H-pyrrole nitrogens is 1. The van der Waals surface area contributed by atoms with E-state index in [-0.39, 0.29) is 5.78 Å². The Morgan fingerprint density at radius 2 is 2.05 bits per heavy atom. The average molecular weight is 558 g/mol. The van der Waals surface area contributed by atoms with Gasteiger partial charge in [0.05, 0.1) is 27.6 Å². The molecule has 1 saturated carbocycles. The first-order valence-corrected chi connectivity index (χ1v) is 14.7. The van der Waals surface area contributed by atoms with Gasteiger partial charge in [0.15, 0.2) is 0 Å². The van der Waals surface area contributed by atoms with Gasteiger partial charge in [-0.2, -0.15) is 0 Å². The molecular formula is C33H40ClN5O. The summed E-state index contributed by atoms with van der Waals surface area (Å²) in [4.78, 5) is 29.9. The van der Waals surface area contributed by atoms with Crippen molar-refractivity contribution in [1.82, 2.24) is 15.0 Å². The summed E-state index contributed by atoms with van der Waals surface area (Å²) < 4.78 is 0. The van der Waals surface area contributed by atoms with Crippen molar-refractivity contribution in [2.45, 2.75) is 72.1 Å². The standard InChI is InChI=1S/C33H40ClN5O/c1-6-10-23(7-2)12-9-11-21(4)32(40)30-19-25-18-26(20-27(34)31(25)38-30)37-33-36-16-15-28(39-33)29(35-8-3)17-22(5)24-13-14-24/h8,15-20,23-24,38H,4-7,9-14H2,1-3H3,(H,36,37,39). The predicted molar refractivity (Wildman–Crippen MR) is 169 cm³/mol. The van der Waals surface area contributed by atoms with E-state index in [2.05, 4.69) is 52.3 Å². The van der Waals surface area contributed by atoms with Gasteiger partial charge in [-0.3, -0.25) is 9.79 Å². The Kier molecular flexibility index (Phi) is 10.1. The van der Waals surface area contributed by atoms with Crippen LogP contribution < -0.4 is 5.32 Å². The summed E-state index contributed by atoms with van der Waals surface area (Å²) in [6, 6.07) is 7.40. The molecule has 210 valence electrons. The maximum Gasteiger partial charge on any atom is 0.227 e. The number of hydrogen-bond donors (Lipinski definition) is 2. The third kappa shape index (κ3) is 7.57.